The molecule has 0 aliphatic rings. The molecular formula is C14H16N2O4S. The van der Waals surface area contributed by atoms with Crippen molar-refractivity contribution in [1.82, 2.24) is 9.71 Å². The second-order valence-electron chi connectivity index (χ2n) is 5.38. The van der Waals surface area contributed by atoms with Crippen molar-refractivity contribution in [3.63, 3.8) is 0 Å². The summed E-state index contributed by atoms with van der Waals surface area (Å²) in [5.41, 5.74) is -0.376. The Morgan fingerprint density at radius 3 is 2.62 bits per heavy atom. The summed E-state index contributed by atoms with van der Waals surface area (Å²) in [6.45, 7) is 4.44. The first kappa shape index (κ1) is 15.4. The van der Waals surface area contributed by atoms with Crippen molar-refractivity contribution in [3.8, 4) is 0 Å². The molecule has 112 valence electrons. The number of benzene rings is 1. The van der Waals surface area contributed by atoms with Gasteiger partial charge in [0.05, 0.1) is 5.52 Å². The fourth-order valence-corrected chi connectivity index (χ4v) is 3.45. The quantitative estimate of drug-likeness (QED) is 0.896. The van der Waals surface area contributed by atoms with Gasteiger partial charge in [-0.3, -0.25) is 9.78 Å². The summed E-state index contributed by atoms with van der Waals surface area (Å²) in [5.74, 6) is -1.25. The van der Waals surface area contributed by atoms with Gasteiger partial charge in [-0.1, -0.05) is 12.1 Å². The molecule has 0 unspecified atom stereocenters. The molecule has 0 saturated heterocycles. The first-order valence-corrected chi connectivity index (χ1v) is 7.74. The fraction of sp³-hybridized carbons (Fsp3) is 0.286. The number of nitrogens with one attached hydrogen (secondary N) is 1. The molecule has 1 aromatic carbocycles. The van der Waals surface area contributed by atoms with E-state index in [1.165, 1.54) is 19.9 Å². The predicted octanol–water partition coefficient (Wildman–Crippen LogP) is 1.68. The second kappa shape index (κ2) is 5.09. The van der Waals surface area contributed by atoms with Crippen LogP contribution in [0.1, 0.15) is 19.4 Å². The maximum atomic E-state index is 12.4. The molecule has 0 amide bonds. The summed E-state index contributed by atoms with van der Waals surface area (Å²) in [4.78, 5) is 15.2. The molecule has 0 atom stereocenters. The molecule has 1 aromatic heterocycles. The van der Waals surface area contributed by atoms with Crippen LogP contribution in [0.4, 0.5) is 0 Å². The number of aryl methyl sites for hydroxylation is 1. The zero-order valence-corrected chi connectivity index (χ0v) is 12.7. The topological polar surface area (TPSA) is 96.4 Å². The Hall–Kier alpha value is -1.99. The number of carboxylic acids is 1. The van der Waals surface area contributed by atoms with Gasteiger partial charge in [0.2, 0.25) is 10.0 Å². The van der Waals surface area contributed by atoms with E-state index in [-0.39, 0.29) is 4.90 Å². The van der Waals surface area contributed by atoms with Gasteiger partial charge in [0.1, 0.15) is 10.4 Å². The molecule has 7 heteroatoms. The van der Waals surface area contributed by atoms with Crippen molar-refractivity contribution >= 4 is 26.9 Å². The van der Waals surface area contributed by atoms with Gasteiger partial charge in [-0.05, 0) is 38.5 Å². The third kappa shape index (κ3) is 3.03. The molecule has 6 nitrogen and oxygen atoms in total. The Morgan fingerprint density at radius 2 is 2.00 bits per heavy atom. The normalized spacial score (nSPS) is 12.5. The van der Waals surface area contributed by atoms with Gasteiger partial charge in [0, 0.05) is 11.6 Å². The van der Waals surface area contributed by atoms with Gasteiger partial charge in [-0.25, -0.2) is 8.42 Å². The monoisotopic (exact) mass is 308 g/mol. The molecule has 0 fully saturated rings. The lowest BCUT2D eigenvalue weighted by molar-refractivity contribution is -0.142. The van der Waals surface area contributed by atoms with Crippen molar-refractivity contribution in [2.75, 3.05) is 0 Å². The molecule has 0 aliphatic carbocycles. The molecule has 0 aliphatic heterocycles. The van der Waals surface area contributed by atoms with E-state index >= 15 is 0 Å². The first-order chi connectivity index (χ1) is 9.63. The van der Waals surface area contributed by atoms with Crippen molar-refractivity contribution in [3.05, 3.63) is 36.0 Å². The number of pyridine rings is 1. The lowest BCUT2D eigenvalue weighted by Crippen LogP contribution is -2.49. The molecule has 1 heterocycles. The number of hydrogen-bond donors (Lipinski definition) is 2. The van der Waals surface area contributed by atoms with Crippen LogP contribution in [0.2, 0.25) is 0 Å². The summed E-state index contributed by atoms with van der Waals surface area (Å²) >= 11 is 0. The van der Waals surface area contributed by atoms with Crippen molar-refractivity contribution in [1.29, 1.82) is 0 Å². The van der Waals surface area contributed by atoms with Crippen LogP contribution < -0.4 is 4.72 Å². The Morgan fingerprint density at radius 1 is 1.33 bits per heavy atom. The SMILES string of the molecule is Cc1cnc2c(S(=O)(=O)NC(C)(C)C(=O)O)cccc2c1. The minimum atomic E-state index is -4.00. The Balaban J connectivity index is 2.58. The van der Waals surface area contributed by atoms with Gasteiger partial charge in [0.15, 0.2) is 0 Å². The van der Waals surface area contributed by atoms with Gasteiger partial charge >= 0.3 is 5.97 Å². The Kier molecular flexibility index (Phi) is 3.73. The lowest BCUT2D eigenvalue weighted by Gasteiger charge is -2.21. The zero-order valence-electron chi connectivity index (χ0n) is 11.9. The third-order valence-electron chi connectivity index (χ3n) is 3.02. The predicted molar refractivity (Wildman–Crippen MR) is 78.5 cm³/mol. The summed E-state index contributed by atoms with van der Waals surface area (Å²) in [5, 5.41) is 9.74. The molecule has 0 radical (unpaired) electrons. The minimum Gasteiger partial charge on any atom is -0.480 e. The summed E-state index contributed by atoms with van der Waals surface area (Å²) in [7, 11) is -4.00. The maximum absolute atomic E-state index is 12.4. The molecule has 2 aromatic rings. The van der Waals surface area contributed by atoms with Crippen LogP contribution in [0.3, 0.4) is 0 Å². The lowest BCUT2D eigenvalue weighted by atomic mass is 10.1. The zero-order chi connectivity index (χ0) is 15.8. The standard InChI is InChI=1S/C14H16N2O4S/c1-9-7-10-5-4-6-11(12(10)15-8-9)21(19,20)16-14(2,3)13(17)18/h4-8,16H,1-3H3,(H,17,18). The maximum Gasteiger partial charge on any atom is 0.324 e. The van der Waals surface area contributed by atoms with E-state index in [4.69, 9.17) is 5.11 Å². The number of fused-ring (bicyclic) bond motifs is 1. The van der Waals surface area contributed by atoms with E-state index in [1.807, 2.05) is 13.0 Å². The molecule has 2 rings (SSSR count). The third-order valence-corrected chi connectivity index (χ3v) is 4.71. The van der Waals surface area contributed by atoms with Crippen LogP contribution in [-0.2, 0) is 14.8 Å². The van der Waals surface area contributed by atoms with E-state index in [1.54, 1.807) is 18.3 Å². The Bertz CT molecular complexity index is 813. The summed E-state index contributed by atoms with van der Waals surface area (Å²) in [6.07, 6.45) is 1.57. The number of para-hydroxylation sites is 1. The highest BCUT2D eigenvalue weighted by Gasteiger charge is 2.33. The van der Waals surface area contributed by atoms with Gasteiger partial charge in [-0.15, -0.1) is 0 Å². The van der Waals surface area contributed by atoms with E-state index < -0.39 is 21.5 Å². The highest BCUT2D eigenvalue weighted by Crippen LogP contribution is 2.23. The number of rotatable bonds is 4. The molecule has 21 heavy (non-hydrogen) atoms. The van der Waals surface area contributed by atoms with E-state index in [0.717, 1.165) is 5.56 Å². The largest absolute Gasteiger partial charge is 0.480 e. The van der Waals surface area contributed by atoms with Crippen LogP contribution in [0.25, 0.3) is 10.9 Å². The minimum absolute atomic E-state index is 0.0330. The van der Waals surface area contributed by atoms with Gasteiger partial charge in [-0.2, -0.15) is 4.72 Å². The number of carboxylic acid groups (broad SMARTS) is 1. The average Bonchev–Trinajstić information content (AvgIpc) is 2.36. The van der Waals surface area contributed by atoms with E-state index in [9.17, 15) is 13.2 Å². The highest BCUT2D eigenvalue weighted by molar-refractivity contribution is 7.89. The number of aromatic nitrogens is 1. The van der Waals surface area contributed by atoms with Crippen LogP contribution in [0, 0.1) is 6.92 Å². The van der Waals surface area contributed by atoms with Crippen molar-refractivity contribution in [2.45, 2.75) is 31.2 Å². The summed E-state index contributed by atoms with van der Waals surface area (Å²) < 4.78 is 27.1. The van der Waals surface area contributed by atoms with E-state index in [0.29, 0.717) is 10.9 Å². The van der Waals surface area contributed by atoms with Crippen LogP contribution >= 0.6 is 0 Å². The fourth-order valence-electron chi connectivity index (χ4n) is 1.89. The number of aliphatic carboxylic acids is 1. The highest BCUT2D eigenvalue weighted by atomic mass is 32.2. The molecular weight excluding hydrogens is 292 g/mol. The van der Waals surface area contributed by atoms with Crippen LogP contribution in [0.5, 0.6) is 0 Å². The smallest absolute Gasteiger partial charge is 0.324 e. The molecule has 0 bridgehead atoms. The van der Waals surface area contributed by atoms with Crippen LogP contribution in [-0.4, -0.2) is 30.0 Å². The van der Waals surface area contributed by atoms with E-state index in [2.05, 4.69) is 9.71 Å². The first-order valence-electron chi connectivity index (χ1n) is 6.26. The van der Waals surface area contributed by atoms with Crippen LogP contribution in [0.15, 0.2) is 35.4 Å². The van der Waals surface area contributed by atoms with Gasteiger partial charge < -0.3 is 5.11 Å². The Labute approximate surface area is 122 Å². The molecule has 0 spiro atoms. The van der Waals surface area contributed by atoms with Crippen molar-refractivity contribution < 1.29 is 18.3 Å². The number of carbonyl (C=O) groups is 1. The number of hydrogen-bond acceptors (Lipinski definition) is 4. The van der Waals surface area contributed by atoms with Crippen molar-refractivity contribution in [2.24, 2.45) is 0 Å². The molecule has 2 N–H and O–H groups in total. The average molecular weight is 308 g/mol. The number of sulfonamides is 1. The number of nitrogens with zero attached hydrogens (tertiary/aromatic N) is 1. The molecule has 0 saturated carbocycles. The summed E-state index contributed by atoms with van der Waals surface area (Å²) in [6, 6.07) is 6.59. The second-order valence-corrected chi connectivity index (χ2v) is 7.03. The van der Waals surface area contributed by atoms with Gasteiger partial charge in [0.25, 0.3) is 0 Å².